The normalized spacial score (nSPS) is 30.6. The molecule has 1 unspecified atom stereocenters. The molecule has 1 nitrogen and oxygen atoms in total. The SMILES string of the molecule is CSC1CCC(NC2CCCCc3ccccc32)CC1. The molecule has 1 fully saturated rings. The zero-order valence-corrected chi connectivity index (χ0v) is 13.4. The van der Waals surface area contributed by atoms with Crippen LogP contribution >= 0.6 is 11.8 Å². The van der Waals surface area contributed by atoms with Crippen LogP contribution in [0, 0.1) is 0 Å². The highest BCUT2D eigenvalue weighted by atomic mass is 32.2. The highest BCUT2D eigenvalue weighted by molar-refractivity contribution is 7.99. The van der Waals surface area contributed by atoms with Gasteiger partial charge in [-0.15, -0.1) is 0 Å². The Hall–Kier alpha value is -0.470. The van der Waals surface area contributed by atoms with E-state index in [1.165, 1.54) is 51.4 Å². The van der Waals surface area contributed by atoms with Crippen LogP contribution in [0.4, 0.5) is 0 Å². The smallest absolute Gasteiger partial charge is 0.0325 e. The third kappa shape index (κ3) is 3.40. The van der Waals surface area contributed by atoms with E-state index in [0.717, 1.165) is 11.3 Å². The van der Waals surface area contributed by atoms with Gasteiger partial charge in [-0.3, -0.25) is 0 Å². The minimum atomic E-state index is 0.601. The second kappa shape index (κ2) is 7.00. The van der Waals surface area contributed by atoms with Crippen LogP contribution in [0.2, 0.25) is 0 Å². The molecule has 0 amide bonds. The second-order valence-corrected chi connectivity index (χ2v) is 7.51. The van der Waals surface area contributed by atoms with Crippen molar-refractivity contribution in [2.75, 3.05) is 6.26 Å². The first-order valence-corrected chi connectivity index (χ1v) is 9.52. The summed E-state index contributed by atoms with van der Waals surface area (Å²) in [5.41, 5.74) is 3.16. The van der Waals surface area contributed by atoms with Crippen LogP contribution in [-0.4, -0.2) is 17.5 Å². The molecule has 2 aliphatic rings. The van der Waals surface area contributed by atoms with Gasteiger partial charge in [-0.25, -0.2) is 0 Å². The Morgan fingerprint density at radius 2 is 1.80 bits per heavy atom. The number of fused-ring (bicyclic) bond motifs is 1. The molecule has 1 aromatic rings. The largest absolute Gasteiger partial charge is 0.307 e. The van der Waals surface area contributed by atoms with Gasteiger partial charge in [0, 0.05) is 17.3 Å². The van der Waals surface area contributed by atoms with Crippen molar-refractivity contribution in [1.29, 1.82) is 0 Å². The number of aryl methyl sites for hydroxylation is 1. The van der Waals surface area contributed by atoms with Gasteiger partial charge in [-0.2, -0.15) is 11.8 Å². The number of rotatable bonds is 3. The summed E-state index contributed by atoms with van der Waals surface area (Å²) in [6.07, 6.45) is 13.1. The lowest BCUT2D eigenvalue weighted by molar-refractivity contribution is 0.333. The van der Waals surface area contributed by atoms with Gasteiger partial charge in [0.05, 0.1) is 0 Å². The summed E-state index contributed by atoms with van der Waals surface area (Å²) in [6.45, 7) is 0. The quantitative estimate of drug-likeness (QED) is 0.808. The summed E-state index contributed by atoms with van der Waals surface area (Å²) in [6, 6.07) is 10.4. The second-order valence-electron chi connectivity index (χ2n) is 6.37. The standard InChI is InChI=1S/C18H27NS/c1-20-16-12-10-15(11-13-16)19-18-9-5-3-7-14-6-2-4-8-17(14)18/h2,4,6,8,15-16,18-19H,3,5,7,9-13H2,1H3. The first-order valence-electron chi connectivity index (χ1n) is 8.23. The van der Waals surface area contributed by atoms with Crippen LogP contribution in [0.25, 0.3) is 0 Å². The Morgan fingerprint density at radius 1 is 1.00 bits per heavy atom. The fourth-order valence-corrected chi connectivity index (χ4v) is 4.59. The summed E-state index contributed by atoms with van der Waals surface area (Å²) < 4.78 is 0. The Kier molecular flexibility index (Phi) is 5.06. The predicted molar refractivity (Wildman–Crippen MR) is 89.4 cm³/mol. The van der Waals surface area contributed by atoms with Gasteiger partial charge in [-0.05, 0) is 62.3 Å². The zero-order valence-electron chi connectivity index (χ0n) is 12.6. The van der Waals surface area contributed by atoms with Crippen LogP contribution in [0.3, 0.4) is 0 Å². The van der Waals surface area contributed by atoms with E-state index < -0.39 is 0 Å². The lowest BCUT2D eigenvalue weighted by Gasteiger charge is -2.32. The Balaban J connectivity index is 1.65. The van der Waals surface area contributed by atoms with Gasteiger partial charge in [0.25, 0.3) is 0 Å². The lowest BCUT2D eigenvalue weighted by atomic mass is 9.92. The molecule has 20 heavy (non-hydrogen) atoms. The molecule has 2 aliphatic carbocycles. The van der Waals surface area contributed by atoms with E-state index in [9.17, 15) is 0 Å². The number of nitrogens with one attached hydrogen (secondary N) is 1. The third-order valence-electron chi connectivity index (χ3n) is 5.06. The van der Waals surface area contributed by atoms with Crippen molar-refractivity contribution in [2.24, 2.45) is 0 Å². The molecule has 0 radical (unpaired) electrons. The van der Waals surface area contributed by atoms with E-state index in [1.807, 2.05) is 0 Å². The van der Waals surface area contributed by atoms with Gasteiger partial charge in [0.15, 0.2) is 0 Å². The van der Waals surface area contributed by atoms with Crippen LogP contribution in [-0.2, 0) is 6.42 Å². The maximum Gasteiger partial charge on any atom is 0.0325 e. The summed E-state index contributed by atoms with van der Waals surface area (Å²) >= 11 is 2.06. The monoisotopic (exact) mass is 289 g/mol. The summed E-state index contributed by atoms with van der Waals surface area (Å²) in [5, 5.41) is 4.90. The van der Waals surface area contributed by atoms with E-state index >= 15 is 0 Å². The summed E-state index contributed by atoms with van der Waals surface area (Å²) in [7, 11) is 0. The predicted octanol–water partition coefficient (Wildman–Crippen LogP) is 4.72. The van der Waals surface area contributed by atoms with E-state index in [-0.39, 0.29) is 0 Å². The third-order valence-corrected chi connectivity index (χ3v) is 6.20. The topological polar surface area (TPSA) is 12.0 Å². The first kappa shape index (κ1) is 14.5. The van der Waals surface area contributed by atoms with E-state index in [2.05, 4.69) is 47.6 Å². The van der Waals surface area contributed by atoms with Gasteiger partial charge in [-0.1, -0.05) is 30.7 Å². The minimum Gasteiger partial charge on any atom is -0.307 e. The molecule has 0 saturated heterocycles. The zero-order chi connectivity index (χ0) is 13.8. The van der Waals surface area contributed by atoms with Crippen LogP contribution in [0.1, 0.15) is 62.1 Å². The molecule has 0 aromatic heterocycles. The van der Waals surface area contributed by atoms with Crippen LogP contribution < -0.4 is 5.32 Å². The van der Waals surface area contributed by atoms with Crippen LogP contribution in [0.15, 0.2) is 24.3 Å². The van der Waals surface area contributed by atoms with E-state index in [0.29, 0.717) is 6.04 Å². The minimum absolute atomic E-state index is 0.601. The summed E-state index contributed by atoms with van der Waals surface area (Å²) in [4.78, 5) is 0. The maximum absolute atomic E-state index is 3.99. The Morgan fingerprint density at radius 3 is 2.60 bits per heavy atom. The fraction of sp³-hybridized carbons (Fsp3) is 0.667. The van der Waals surface area contributed by atoms with Gasteiger partial charge < -0.3 is 5.32 Å². The van der Waals surface area contributed by atoms with Crippen molar-refractivity contribution >= 4 is 11.8 Å². The van der Waals surface area contributed by atoms with Crippen molar-refractivity contribution in [3.05, 3.63) is 35.4 Å². The van der Waals surface area contributed by atoms with Crippen molar-refractivity contribution in [3.63, 3.8) is 0 Å². The molecule has 0 heterocycles. The van der Waals surface area contributed by atoms with E-state index in [4.69, 9.17) is 0 Å². The van der Waals surface area contributed by atoms with E-state index in [1.54, 1.807) is 11.1 Å². The highest BCUT2D eigenvalue weighted by Crippen LogP contribution is 2.32. The molecule has 0 aliphatic heterocycles. The Labute approximate surface area is 127 Å². The molecule has 1 N–H and O–H groups in total. The van der Waals surface area contributed by atoms with Gasteiger partial charge in [0.2, 0.25) is 0 Å². The molecule has 110 valence electrons. The number of hydrogen-bond donors (Lipinski definition) is 1. The molecule has 1 aromatic carbocycles. The van der Waals surface area contributed by atoms with Crippen molar-refractivity contribution < 1.29 is 0 Å². The Bertz CT molecular complexity index is 423. The number of thioether (sulfide) groups is 1. The van der Waals surface area contributed by atoms with Gasteiger partial charge in [0.1, 0.15) is 0 Å². The fourth-order valence-electron chi connectivity index (χ4n) is 3.84. The van der Waals surface area contributed by atoms with Crippen LogP contribution in [0.5, 0.6) is 0 Å². The molecule has 1 atom stereocenters. The molecule has 1 saturated carbocycles. The number of hydrogen-bond acceptors (Lipinski definition) is 2. The molecule has 3 rings (SSSR count). The average Bonchev–Trinajstić information content (AvgIpc) is 2.71. The van der Waals surface area contributed by atoms with Gasteiger partial charge >= 0.3 is 0 Å². The summed E-state index contributed by atoms with van der Waals surface area (Å²) in [5.74, 6) is 0. The first-order chi connectivity index (χ1) is 9.86. The van der Waals surface area contributed by atoms with Crippen molar-refractivity contribution in [3.8, 4) is 0 Å². The molecule has 0 spiro atoms. The van der Waals surface area contributed by atoms with Crippen molar-refractivity contribution in [2.45, 2.75) is 68.7 Å². The number of benzene rings is 1. The molecule has 2 heteroatoms. The molecular weight excluding hydrogens is 262 g/mol. The molecule has 0 bridgehead atoms. The molecular formula is C18H27NS. The highest BCUT2D eigenvalue weighted by Gasteiger charge is 2.25. The lowest BCUT2D eigenvalue weighted by Crippen LogP contribution is -2.36. The average molecular weight is 289 g/mol. The maximum atomic E-state index is 3.99. The van der Waals surface area contributed by atoms with Crippen molar-refractivity contribution in [1.82, 2.24) is 5.32 Å².